The van der Waals surface area contributed by atoms with E-state index >= 15 is 0 Å². The van der Waals surface area contributed by atoms with Crippen molar-refractivity contribution >= 4 is 0 Å². The molecule has 0 aromatic rings. The van der Waals surface area contributed by atoms with Crippen molar-refractivity contribution in [1.82, 2.24) is 0 Å². The van der Waals surface area contributed by atoms with Crippen molar-refractivity contribution in [2.24, 2.45) is 5.92 Å². The first-order chi connectivity index (χ1) is 5.65. The van der Waals surface area contributed by atoms with Crippen molar-refractivity contribution in [2.75, 3.05) is 6.58 Å². The summed E-state index contributed by atoms with van der Waals surface area (Å²) in [4.78, 5) is 0. The molecule has 2 nitrogen and oxygen atoms in total. The molecule has 0 radical (unpaired) electrons. The van der Waals surface area contributed by atoms with Gasteiger partial charge >= 0.3 is 0 Å². The van der Waals surface area contributed by atoms with Gasteiger partial charge in [-0.3, -0.25) is 0 Å². The zero-order valence-electron chi connectivity index (χ0n) is 7.86. The van der Waals surface area contributed by atoms with Gasteiger partial charge in [0.2, 0.25) is 0 Å². The largest absolute Gasteiger partial charge is 0.390 e. The van der Waals surface area contributed by atoms with E-state index in [1.165, 1.54) is 0 Å². The smallest absolute Gasteiger partial charge is 0.0863 e. The van der Waals surface area contributed by atoms with E-state index in [9.17, 15) is 5.11 Å². The molecule has 1 aliphatic rings. The van der Waals surface area contributed by atoms with E-state index < -0.39 is 12.7 Å². The average Bonchev–Trinajstić information content (AvgIpc) is 2.30. The summed E-state index contributed by atoms with van der Waals surface area (Å²) in [5.74, 6) is 0.280. The van der Waals surface area contributed by atoms with Gasteiger partial charge in [-0.25, -0.2) is 0 Å². The van der Waals surface area contributed by atoms with Crippen molar-refractivity contribution in [1.29, 1.82) is 0 Å². The first-order valence-electron chi connectivity index (χ1n) is 4.59. The third-order valence-electron chi connectivity index (χ3n) is 2.07. The minimum absolute atomic E-state index is 0.175. The van der Waals surface area contributed by atoms with Crippen molar-refractivity contribution in [2.45, 2.75) is 32.0 Å². The molecule has 0 aromatic heterocycles. The van der Waals surface area contributed by atoms with Gasteiger partial charge in [0.05, 0.1) is 13.6 Å². The fraction of sp³-hybridized carbons (Fsp3) is 0.778. The minimum atomic E-state index is -0.493. The van der Waals surface area contributed by atoms with E-state index in [0.717, 1.165) is 6.42 Å². The highest BCUT2D eigenvalue weighted by atomic mass is 16.5. The molecule has 0 bridgehead atoms. The lowest BCUT2D eigenvalue weighted by molar-refractivity contribution is -0.0144. The van der Waals surface area contributed by atoms with Gasteiger partial charge in [0, 0.05) is 6.58 Å². The van der Waals surface area contributed by atoms with Crippen LogP contribution in [0.3, 0.4) is 0 Å². The molecule has 11 heavy (non-hydrogen) atoms. The third kappa shape index (κ3) is 2.04. The Labute approximate surface area is 69.3 Å². The Morgan fingerprint density at radius 2 is 2.73 bits per heavy atom. The van der Waals surface area contributed by atoms with Crippen molar-refractivity contribution in [3.8, 4) is 0 Å². The zero-order valence-corrected chi connectivity index (χ0v) is 6.86. The van der Waals surface area contributed by atoms with Gasteiger partial charge in [-0.05, 0) is 18.8 Å². The predicted octanol–water partition coefficient (Wildman–Crippen LogP) is 1.35. The van der Waals surface area contributed by atoms with E-state index in [1.54, 1.807) is 6.08 Å². The summed E-state index contributed by atoms with van der Waals surface area (Å²) in [5, 5.41) is 9.56. The molecule has 0 spiro atoms. The Kier molecular flexibility index (Phi) is 2.58. The number of aliphatic hydroxyl groups excluding tert-OH is 1. The highest BCUT2D eigenvalue weighted by Crippen LogP contribution is 2.24. The molecule has 1 fully saturated rings. The van der Waals surface area contributed by atoms with Crippen LogP contribution in [0.25, 0.3) is 0 Å². The maximum Gasteiger partial charge on any atom is 0.0863 e. The molecule has 1 rings (SSSR count). The summed E-state index contributed by atoms with van der Waals surface area (Å²) in [5.41, 5.74) is 0. The highest BCUT2D eigenvalue weighted by molar-refractivity contribution is 4.84. The van der Waals surface area contributed by atoms with Crippen LogP contribution in [0.5, 0.6) is 0 Å². The molecule has 0 amide bonds. The predicted molar refractivity (Wildman–Crippen MR) is 44.3 cm³/mol. The monoisotopic (exact) mass is 158 g/mol. The number of aliphatic hydroxyl groups is 1. The fourth-order valence-corrected chi connectivity index (χ4v) is 1.36. The molecule has 1 aliphatic heterocycles. The average molecular weight is 158 g/mol. The minimum Gasteiger partial charge on any atom is -0.390 e. The molecule has 64 valence electrons. The Balaban J connectivity index is 2.45. The Bertz CT molecular complexity index is 161. The van der Waals surface area contributed by atoms with Gasteiger partial charge in [0.25, 0.3) is 0 Å². The van der Waals surface area contributed by atoms with Crippen molar-refractivity contribution in [3.63, 3.8) is 0 Å². The van der Waals surface area contributed by atoms with Crippen LogP contribution in [0.1, 0.15) is 21.1 Å². The van der Waals surface area contributed by atoms with Crippen LogP contribution in [0.15, 0.2) is 12.7 Å². The number of hydrogen-bond acceptors (Lipinski definition) is 2. The van der Waals surface area contributed by atoms with Crippen LogP contribution in [-0.4, -0.2) is 23.9 Å². The quantitative estimate of drug-likeness (QED) is 0.628. The molecule has 1 heterocycles. The first kappa shape index (κ1) is 7.32. The van der Waals surface area contributed by atoms with E-state index in [-0.39, 0.29) is 12.0 Å². The SMILES string of the molecule is [3H][C@@H]1C[C@H](C)[C@@H]([C@H](O)CC=C)O1. The maximum atomic E-state index is 9.56. The Morgan fingerprint density at radius 1 is 2.00 bits per heavy atom. The number of rotatable bonds is 3. The summed E-state index contributed by atoms with van der Waals surface area (Å²) in [6.45, 7) is 5.10. The van der Waals surface area contributed by atoms with E-state index in [1.807, 2.05) is 6.92 Å². The second-order valence-corrected chi connectivity index (χ2v) is 3.07. The van der Waals surface area contributed by atoms with Crippen LogP contribution < -0.4 is 0 Å². The lowest BCUT2D eigenvalue weighted by Crippen LogP contribution is -2.29. The summed E-state index contributed by atoms with van der Waals surface area (Å²) < 4.78 is 12.6. The third-order valence-corrected chi connectivity index (χ3v) is 2.07. The summed E-state index contributed by atoms with van der Waals surface area (Å²) in [6, 6.07) is 0. The number of ether oxygens (including phenoxy) is 1. The molecular weight excluding hydrogens is 140 g/mol. The van der Waals surface area contributed by atoms with Crippen LogP contribution in [0.2, 0.25) is 0 Å². The first-order valence-corrected chi connectivity index (χ1v) is 4.01. The highest BCUT2D eigenvalue weighted by Gasteiger charge is 2.29. The Hall–Kier alpha value is -0.340. The molecule has 1 saturated heterocycles. The maximum absolute atomic E-state index is 9.56. The van der Waals surface area contributed by atoms with Crippen LogP contribution in [0, 0.1) is 5.92 Å². The lowest BCUT2D eigenvalue weighted by atomic mass is 9.98. The second-order valence-electron chi connectivity index (χ2n) is 3.07. The normalized spacial score (nSPS) is 41.6. The Morgan fingerprint density at radius 3 is 3.18 bits per heavy atom. The van der Waals surface area contributed by atoms with Gasteiger partial charge in [0.15, 0.2) is 0 Å². The topological polar surface area (TPSA) is 29.5 Å². The van der Waals surface area contributed by atoms with Gasteiger partial charge in [-0.1, -0.05) is 13.0 Å². The molecule has 0 saturated carbocycles. The van der Waals surface area contributed by atoms with Gasteiger partial charge < -0.3 is 9.84 Å². The zero-order chi connectivity index (χ0) is 9.14. The summed E-state index contributed by atoms with van der Waals surface area (Å²) in [7, 11) is 0. The van der Waals surface area contributed by atoms with Gasteiger partial charge in [-0.15, -0.1) is 6.58 Å². The second kappa shape index (κ2) is 3.88. The molecule has 0 aliphatic carbocycles. The van der Waals surface area contributed by atoms with E-state index in [2.05, 4.69) is 6.58 Å². The summed E-state index contributed by atoms with van der Waals surface area (Å²) >= 11 is 0. The molecular formula is C9H16O2. The molecule has 1 N–H and O–H groups in total. The fourth-order valence-electron chi connectivity index (χ4n) is 1.36. The van der Waals surface area contributed by atoms with E-state index in [4.69, 9.17) is 6.11 Å². The van der Waals surface area contributed by atoms with Crippen molar-refractivity contribution in [3.05, 3.63) is 12.7 Å². The van der Waals surface area contributed by atoms with Crippen LogP contribution >= 0.6 is 0 Å². The molecule has 0 aromatic carbocycles. The number of hydrogen-bond donors (Lipinski definition) is 1. The lowest BCUT2D eigenvalue weighted by Gasteiger charge is -2.19. The molecule has 4 atom stereocenters. The van der Waals surface area contributed by atoms with Crippen LogP contribution in [-0.2, 0) is 4.74 Å². The van der Waals surface area contributed by atoms with E-state index in [0.29, 0.717) is 6.42 Å². The molecule has 2 heteroatoms. The van der Waals surface area contributed by atoms with Gasteiger partial charge in [-0.2, -0.15) is 0 Å². The molecule has 0 unspecified atom stereocenters. The summed E-state index contributed by atoms with van der Waals surface area (Å²) in [6.07, 6.45) is 2.27. The van der Waals surface area contributed by atoms with Crippen molar-refractivity contribution < 1.29 is 11.2 Å². The standard InChI is InChI=1S/C9H16O2/c1-3-4-8(10)9-7(2)5-6-11-9/h3,7-10H,1,4-6H2,2H3/t7-,8+,9-/m0/s1/i6T/t6-,7+,8-,9+/m1. The van der Waals surface area contributed by atoms with Crippen LogP contribution in [0.4, 0.5) is 0 Å². The van der Waals surface area contributed by atoms with Gasteiger partial charge in [0.1, 0.15) is 0 Å².